The zero-order valence-corrected chi connectivity index (χ0v) is 15.1. The molecule has 0 aliphatic carbocycles. The Hall–Kier alpha value is -2.58. The lowest BCUT2D eigenvalue weighted by atomic mass is 10.1. The minimum absolute atomic E-state index is 0.0272. The molecule has 2 aromatic rings. The zero-order valence-electron chi connectivity index (χ0n) is 12.7. The third-order valence-corrected chi connectivity index (χ3v) is 4.30. The van der Waals surface area contributed by atoms with Crippen LogP contribution in [0.25, 0.3) is 0 Å². The van der Waals surface area contributed by atoms with E-state index < -0.39 is 17.7 Å². The monoisotopic (exact) mass is 417 g/mol. The fourth-order valence-corrected chi connectivity index (χ4v) is 2.85. The van der Waals surface area contributed by atoms with Crippen molar-refractivity contribution in [1.29, 1.82) is 0 Å². The standard InChI is InChI=1S/C17H12BrN3O3S/c18-10-4-6-12(7-5-10)21-16(24)14(15(23)20-17(21)25)9-19-11-2-1-3-13(22)8-11/h1-9,14,22H,(H,20,23,25)/t14-/m1/s1. The maximum atomic E-state index is 12.7. The van der Waals surface area contributed by atoms with Crippen LogP contribution in [0.1, 0.15) is 0 Å². The first kappa shape index (κ1) is 17.2. The van der Waals surface area contributed by atoms with Crippen LogP contribution in [0.5, 0.6) is 5.75 Å². The van der Waals surface area contributed by atoms with Crippen molar-refractivity contribution < 1.29 is 14.7 Å². The molecule has 0 unspecified atom stereocenters. The molecule has 1 aliphatic rings. The van der Waals surface area contributed by atoms with Crippen molar-refractivity contribution >= 4 is 62.7 Å². The van der Waals surface area contributed by atoms with Gasteiger partial charge in [-0.2, -0.15) is 0 Å². The largest absolute Gasteiger partial charge is 0.508 e. The molecule has 0 radical (unpaired) electrons. The van der Waals surface area contributed by atoms with Crippen LogP contribution in [-0.2, 0) is 9.59 Å². The number of anilines is 1. The van der Waals surface area contributed by atoms with Crippen LogP contribution in [0.3, 0.4) is 0 Å². The lowest BCUT2D eigenvalue weighted by Crippen LogP contribution is -2.58. The molecule has 8 heteroatoms. The Morgan fingerprint density at radius 2 is 1.92 bits per heavy atom. The van der Waals surface area contributed by atoms with Crippen LogP contribution in [0, 0.1) is 5.92 Å². The van der Waals surface area contributed by atoms with Gasteiger partial charge in [0.05, 0.1) is 11.4 Å². The van der Waals surface area contributed by atoms with Crippen molar-refractivity contribution in [3.05, 3.63) is 53.0 Å². The van der Waals surface area contributed by atoms with Gasteiger partial charge in [-0.3, -0.25) is 19.5 Å². The molecule has 6 nitrogen and oxygen atoms in total. The van der Waals surface area contributed by atoms with Crippen molar-refractivity contribution in [3.8, 4) is 5.75 Å². The van der Waals surface area contributed by atoms with Gasteiger partial charge in [-0.15, -0.1) is 0 Å². The van der Waals surface area contributed by atoms with Gasteiger partial charge in [-0.1, -0.05) is 22.0 Å². The Kier molecular flexibility index (Phi) is 4.91. The molecule has 1 aliphatic heterocycles. The molecule has 1 fully saturated rings. The summed E-state index contributed by atoms with van der Waals surface area (Å²) in [6, 6.07) is 13.2. The summed E-state index contributed by atoms with van der Waals surface area (Å²) in [7, 11) is 0. The lowest BCUT2D eigenvalue weighted by molar-refractivity contribution is -0.130. The molecule has 1 heterocycles. The summed E-state index contributed by atoms with van der Waals surface area (Å²) in [5.41, 5.74) is 0.984. The van der Waals surface area contributed by atoms with Crippen LogP contribution in [0.15, 0.2) is 58.0 Å². The number of nitrogens with zero attached hydrogens (tertiary/aromatic N) is 2. The number of rotatable bonds is 3. The summed E-state index contributed by atoms with van der Waals surface area (Å²) in [6.07, 6.45) is 1.25. The molecule has 126 valence electrons. The minimum atomic E-state index is -1.11. The van der Waals surface area contributed by atoms with Gasteiger partial charge in [0.15, 0.2) is 11.0 Å². The molecule has 2 amide bonds. The average Bonchev–Trinajstić information content (AvgIpc) is 2.56. The van der Waals surface area contributed by atoms with Gasteiger partial charge in [0.25, 0.3) is 5.91 Å². The zero-order chi connectivity index (χ0) is 18.0. The topological polar surface area (TPSA) is 82.0 Å². The predicted molar refractivity (Wildman–Crippen MR) is 102 cm³/mol. The second-order valence-electron chi connectivity index (χ2n) is 5.22. The normalized spacial score (nSPS) is 17.9. The molecule has 1 saturated heterocycles. The Labute approximate surface area is 157 Å². The van der Waals surface area contributed by atoms with Gasteiger partial charge >= 0.3 is 0 Å². The molecule has 3 rings (SSSR count). The van der Waals surface area contributed by atoms with E-state index in [2.05, 4.69) is 26.2 Å². The highest BCUT2D eigenvalue weighted by atomic mass is 79.9. The quantitative estimate of drug-likeness (QED) is 0.456. The number of carbonyl (C=O) groups excluding carboxylic acids is 2. The molecule has 1 atom stereocenters. The number of phenolic OH excluding ortho intramolecular Hbond substituents is 1. The molecule has 0 bridgehead atoms. The van der Waals surface area contributed by atoms with Crippen molar-refractivity contribution in [2.24, 2.45) is 10.9 Å². The van der Waals surface area contributed by atoms with Crippen molar-refractivity contribution in [3.63, 3.8) is 0 Å². The van der Waals surface area contributed by atoms with E-state index >= 15 is 0 Å². The summed E-state index contributed by atoms with van der Waals surface area (Å²) in [5.74, 6) is -2.09. The van der Waals surface area contributed by atoms with Gasteiger partial charge in [-0.05, 0) is 48.6 Å². The smallest absolute Gasteiger partial charge is 0.251 e. The third kappa shape index (κ3) is 3.75. The van der Waals surface area contributed by atoms with Gasteiger partial charge in [0.2, 0.25) is 5.91 Å². The summed E-state index contributed by atoms with van der Waals surface area (Å²) < 4.78 is 0.859. The molecule has 0 saturated carbocycles. The molecule has 2 aromatic carbocycles. The van der Waals surface area contributed by atoms with Gasteiger partial charge in [0.1, 0.15) is 5.75 Å². The molecule has 0 spiro atoms. The summed E-state index contributed by atoms with van der Waals surface area (Å²) >= 11 is 8.46. The number of hydrogen-bond donors (Lipinski definition) is 2. The van der Waals surface area contributed by atoms with Crippen LogP contribution >= 0.6 is 28.1 Å². The number of aliphatic imine (C=N–C) groups is 1. The predicted octanol–water partition coefficient (Wildman–Crippen LogP) is 2.92. The van der Waals surface area contributed by atoms with E-state index in [4.69, 9.17) is 12.2 Å². The maximum absolute atomic E-state index is 12.7. The number of phenols is 1. The van der Waals surface area contributed by atoms with E-state index in [0.29, 0.717) is 11.4 Å². The number of nitrogens with one attached hydrogen (secondary N) is 1. The first-order valence-electron chi connectivity index (χ1n) is 7.23. The van der Waals surface area contributed by atoms with Crippen molar-refractivity contribution in [2.45, 2.75) is 0 Å². The minimum Gasteiger partial charge on any atom is -0.508 e. The summed E-state index contributed by atoms with van der Waals surface area (Å²) in [5, 5.41) is 12.0. The highest BCUT2D eigenvalue weighted by Crippen LogP contribution is 2.23. The van der Waals surface area contributed by atoms with Gasteiger partial charge in [0, 0.05) is 16.8 Å². The average molecular weight is 418 g/mol. The number of benzene rings is 2. The molecule has 25 heavy (non-hydrogen) atoms. The molecule has 0 aromatic heterocycles. The van der Waals surface area contributed by atoms with Crippen molar-refractivity contribution in [2.75, 3.05) is 4.90 Å². The van der Waals surface area contributed by atoms with Crippen molar-refractivity contribution in [1.82, 2.24) is 5.32 Å². The van der Waals surface area contributed by atoms with Crippen LogP contribution in [-0.4, -0.2) is 28.2 Å². The highest BCUT2D eigenvalue weighted by Gasteiger charge is 2.38. The fraction of sp³-hybridized carbons (Fsp3) is 0.0588. The SMILES string of the molecule is O=C1NC(=S)N(c2ccc(Br)cc2)C(=O)[C@@H]1C=Nc1cccc(O)c1. The molecular weight excluding hydrogens is 406 g/mol. The first-order chi connectivity index (χ1) is 12.0. The number of aromatic hydroxyl groups is 1. The number of thiocarbonyl (C=S) groups is 1. The third-order valence-electron chi connectivity index (χ3n) is 3.49. The van der Waals surface area contributed by atoms with E-state index in [1.54, 1.807) is 36.4 Å². The number of halogens is 1. The summed E-state index contributed by atoms with van der Waals surface area (Å²) in [6.45, 7) is 0. The Morgan fingerprint density at radius 1 is 1.20 bits per heavy atom. The second-order valence-corrected chi connectivity index (χ2v) is 6.52. The lowest BCUT2D eigenvalue weighted by Gasteiger charge is -2.30. The van der Waals surface area contributed by atoms with E-state index in [1.165, 1.54) is 23.2 Å². The highest BCUT2D eigenvalue weighted by molar-refractivity contribution is 9.10. The van der Waals surface area contributed by atoms with E-state index in [1.807, 2.05) is 0 Å². The van der Waals surface area contributed by atoms with E-state index in [0.717, 1.165) is 4.47 Å². The van der Waals surface area contributed by atoms with E-state index in [9.17, 15) is 14.7 Å². The Morgan fingerprint density at radius 3 is 2.60 bits per heavy atom. The molecule has 2 N–H and O–H groups in total. The Balaban J connectivity index is 1.89. The second kappa shape index (κ2) is 7.12. The van der Waals surface area contributed by atoms with Crippen LogP contribution in [0.2, 0.25) is 0 Å². The number of amides is 2. The Bertz CT molecular complexity index is 883. The fourth-order valence-electron chi connectivity index (χ4n) is 2.29. The maximum Gasteiger partial charge on any atom is 0.251 e. The van der Waals surface area contributed by atoms with Crippen LogP contribution < -0.4 is 10.2 Å². The first-order valence-corrected chi connectivity index (χ1v) is 8.43. The number of hydrogen-bond acceptors (Lipinski definition) is 5. The van der Waals surface area contributed by atoms with Gasteiger partial charge < -0.3 is 10.4 Å². The molecular formula is C17H12BrN3O3S. The number of carbonyl (C=O) groups is 2. The van der Waals surface area contributed by atoms with Crippen LogP contribution in [0.4, 0.5) is 11.4 Å². The summed E-state index contributed by atoms with van der Waals surface area (Å²) in [4.78, 5) is 30.3. The van der Waals surface area contributed by atoms with E-state index in [-0.39, 0.29) is 10.9 Å². The van der Waals surface area contributed by atoms with Gasteiger partial charge in [-0.25, -0.2) is 0 Å².